The lowest BCUT2D eigenvalue weighted by molar-refractivity contribution is 0.425. The SMILES string of the molecule is Brc1ccc(-c2cccc3ccccc23)cc1.CC1(C)c2cc(-c3ccc(-c4cccc5ccccc45)cc3)ccc2-c2ccc(-c3ccc4c(c3)C(C)(C)c3cc(-c5ccc(-c6cccc7ccccc67)cc5)ccc3-4)cc21.CC1(C)c2cc(O[B]O)ccc2-c2ccc(-c3ccc4c(c3)C(C)(C)c3cc(B(O)O)ccc3-4)cc21. The Kier molecular flexibility index (Phi) is 18.0. The molecule has 0 aliphatic heterocycles. The predicted molar refractivity (Wildman–Crippen MR) is 486 cm³/mol. The lowest BCUT2D eigenvalue weighted by Gasteiger charge is -2.24. The van der Waals surface area contributed by atoms with Crippen LogP contribution in [0, 0.1) is 0 Å². The van der Waals surface area contributed by atoms with E-state index in [1.165, 1.54) is 177 Å². The maximum absolute atomic E-state index is 9.70. The number of hydrogen-bond donors (Lipinski definition) is 3. The molecule has 3 N–H and O–H groups in total. The Morgan fingerprint density at radius 2 is 0.487 bits per heavy atom. The van der Waals surface area contributed by atoms with Gasteiger partial charge in [0.05, 0.1) is 0 Å². The molecule has 17 aromatic rings. The van der Waals surface area contributed by atoms with Gasteiger partial charge in [-0.05, 0) is 265 Å². The van der Waals surface area contributed by atoms with Gasteiger partial charge in [0.15, 0.2) is 0 Å². The zero-order valence-corrected chi connectivity index (χ0v) is 67.3. The van der Waals surface area contributed by atoms with E-state index in [9.17, 15) is 10.0 Å². The van der Waals surface area contributed by atoms with Crippen LogP contribution in [-0.2, 0) is 21.7 Å². The fourth-order valence-corrected chi connectivity index (χ4v) is 19.3. The lowest BCUT2D eigenvalue weighted by Crippen LogP contribution is -2.31. The summed E-state index contributed by atoms with van der Waals surface area (Å²) in [5, 5.41) is 36.2. The van der Waals surface area contributed by atoms with Crippen LogP contribution in [0.5, 0.6) is 5.75 Å². The molecule has 17 aromatic carbocycles. The van der Waals surface area contributed by atoms with E-state index in [1.807, 2.05) is 24.3 Å². The largest absolute Gasteiger partial charge is 0.569 e. The molecule has 0 fully saturated rings. The number of benzene rings is 17. The normalized spacial score (nSPS) is 14.0. The first-order chi connectivity index (χ1) is 55.7. The van der Waals surface area contributed by atoms with E-state index >= 15 is 0 Å². The topological polar surface area (TPSA) is 69.9 Å². The Hall–Kier alpha value is -12.2. The monoisotopic (exact) mass is 1550 g/mol. The molecule has 115 heavy (non-hydrogen) atoms. The summed E-state index contributed by atoms with van der Waals surface area (Å²) in [5.74, 6) is 0.620. The van der Waals surface area contributed by atoms with E-state index in [2.05, 4.69) is 387 Å². The molecule has 0 saturated heterocycles. The van der Waals surface area contributed by atoms with Gasteiger partial charge in [0.1, 0.15) is 5.75 Å². The van der Waals surface area contributed by atoms with Crippen molar-refractivity contribution in [3.8, 4) is 128 Å². The summed E-state index contributed by atoms with van der Waals surface area (Å²) in [5.41, 5.74) is 37.8. The van der Waals surface area contributed by atoms with Crippen LogP contribution < -0.4 is 10.1 Å². The van der Waals surface area contributed by atoms with Crippen molar-refractivity contribution < 1.29 is 19.7 Å². The smallest absolute Gasteiger partial charge is 0.537 e. The Morgan fingerprint density at radius 3 is 0.800 bits per heavy atom. The number of rotatable bonds is 10. The third-order valence-electron chi connectivity index (χ3n) is 25.4. The first-order valence-electron chi connectivity index (χ1n) is 39.8. The summed E-state index contributed by atoms with van der Waals surface area (Å²) in [6, 6.07) is 126. The van der Waals surface area contributed by atoms with E-state index in [1.54, 1.807) is 6.07 Å². The average Bonchev–Trinajstić information content (AvgIpc) is 1.58. The van der Waals surface area contributed by atoms with E-state index in [-0.39, 0.29) is 21.7 Å². The quantitative estimate of drug-likeness (QED) is 0.119. The van der Waals surface area contributed by atoms with Crippen LogP contribution in [0.4, 0.5) is 0 Å². The zero-order chi connectivity index (χ0) is 78.8. The maximum atomic E-state index is 9.70. The molecule has 553 valence electrons. The van der Waals surface area contributed by atoms with E-state index < -0.39 is 7.12 Å². The molecule has 0 aromatic heterocycles. The summed E-state index contributed by atoms with van der Waals surface area (Å²) in [6.45, 7) is 18.4. The van der Waals surface area contributed by atoms with Crippen molar-refractivity contribution in [1.82, 2.24) is 0 Å². The van der Waals surface area contributed by atoms with Crippen molar-refractivity contribution in [2.75, 3.05) is 0 Å². The molecule has 1 radical (unpaired) electrons. The highest BCUT2D eigenvalue weighted by atomic mass is 79.9. The van der Waals surface area contributed by atoms with Gasteiger partial charge in [-0.3, -0.25) is 0 Å². The molecular formula is C108H84B2BrO4. The van der Waals surface area contributed by atoms with Gasteiger partial charge >= 0.3 is 14.8 Å². The van der Waals surface area contributed by atoms with Crippen LogP contribution >= 0.6 is 15.9 Å². The summed E-state index contributed by atoms with van der Waals surface area (Å²) in [6.07, 6.45) is 0. The van der Waals surface area contributed by atoms with Crippen LogP contribution in [0.2, 0.25) is 0 Å². The average molecular weight is 1550 g/mol. The van der Waals surface area contributed by atoms with Gasteiger partial charge in [-0.25, -0.2) is 0 Å². The molecule has 0 unspecified atom stereocenters. The Bertz CT molecular complexity index is 6520. The van der Waals surface area contributed by atoms with E-state index in [0.29, 0.717) is 11.2 Å². The van der Waals surface area contributed by atoms with E-state index in [0.717, 1.165) is 34.4 Å². The first-order valence-corrected chi connectivity index (χ1v) is 40.6. The standard InChI is InChI=1S/C62H46.C30H27B2O4.C16H11Br/c1-61(2)57-35-45(39-19-23-43(24-20-39)51-17-9-13-41-11-5-7-15-49(41)51)27-31-53(57)55-33-29-47(37-59(55)61)48-30-34-56-54-32-28-46(36-58(54)62(3,4)60(56)38-48)40-21-25-44(26-22-40)52-18-10-14-42-12-6-8-16-50(42)52;1-29(2)25-13-17(5-9-21(25)23-11-7-19(32(34)35)15-27(23)29)18-6-10-22-24-12-8-20(36-31-33)16-28(24)30(3,4)26(22)14-18;17-14-10-8-13(9-11-14)16-7-3-5-12-4-1-2-6-15(12)16/h5-38H,1-4H3;5-16,33-35H,1-4H3;1-11H. The summed E-state index contributed by atoms with van der Waals surface area (Å²) >= 11 is 3.47. The highest BCUT2D eigenvalue weighted by Crippen LogP contribution is 2.56. The van der Waals surface area contributed by atoms with E-state index in [4.69, 9.17) is 9.68 Å². The maximum Gasteiger partial charge on any atom is 0.569 e. The van der Waals surface area contributed by atoms with Gasteiger partial charge in [-0.15, -0.1) is 0 Å². The first kappa shape index (κ1) is 73.0. The second-order valence-corrected chi connectivity index (χ2v) is 34.3. The van der Waals surface area contributed by atoms with Gasteiger partial charge in [0.2, 0.25) is 0 Å². The van der Waals surface area contributed by atoms with Gasteiger partial charge in [-0.2, -0.15) is 0 Å². The van der Waals surface area contributed by atoms with Crippen molar-refractivity contribution >= 4 is 68.5 Å². The number of fused-ring (bicyclic) bond motifs is 15. The molecule has 0 bridgehead atoms. The molecule has 4 nitrogen and oxygen atoms in total. The summed E-state index contributed by atoms with van der Waals surface area (Å²) in [7, 11) is -0.761. The molecule has 0 heterocycles. The molecule has 4 aliphatic carbocycles. The second-order valence-electron chi connectivity index (χ2n) is 33.4. The molecule has 0 atom stereocenters. The van der Waals surface area contributed by atoms with Crippen LogP contribution in [0.15, 0.2) is 350 Å². The fourth-order valence-electron chi connectivity index (χ4n) is 19.1. The zero-order valence-electron chi connectivity index (χ0n) is 65.7. The Labute approximate surface area is 683 Å². The Morgan fingerprint density at radius 1 is 0.243 bits per heavy atom. The fraction of sp³-hybridized carbons (Fsp3) is 0.111. The third kappa shape index (κ3) is 12.6. The van der Waals surface area contributed by atoms with Crippen LogP contribution in [0.25, 0.3) is 155 Å². The molecule has 21 rings (SSSR count). The lowest BCUT2D eigenvalue weighted by atomic mass is 9.75. The van der Waals surface area contributed by atoms with Crippen LogP contribution in [0.1, 0.15) is 99.9 Å². The van der Waals surface area contributed by atoms with Gasteiger partial charge in [-0.1, -0.05) is 356 Å². The number of hydrogen-bond acceptors (Lipinski definition) is 4. The van der Waals surface area contributed by atoms with Crippen molar-refractivity contribution in [2.45, 2.75) is 77.0 Å². The molecule has 0 spiro atoms. The van der Waals surface area contributed by atoms with Crippen molar-refractivity contribution in [3.05, 3.63) is 395 Å². The van der Waals surface area contributed by atoms with Gasteiger partial charge < -0.3 is 19.7 Å². The molecule has 4 aliphatic rings. The predicted octanol–water partition coefficient (Wildman–Crippen LogP) is 26.8. The molecule has 7 heteroatoms. The summed E-state index contributed by atoms with van der Waals surface area (Å²) < 4.78 is 6.34. The number of halogens is 1. The molecule has 0 saturated carbocycles. The second kappa shape index (κ2) is 28.4. The third-order valence-corrected chi connectivity index (χ3v) is 26.0. The van der Waals surface area contributed by atoms with Crippen LogP contribution in [0.3, 0.4) is 0 Å². The van der Waals surface area contributed by atoms with Crippen molar-refractivity contribution in [2.24, 2.45) is 0 Å². The van der Waals surface area contributed by atoms with Crippen LogP contribution in [-0.4, -0.2) is 29.9 Å². The summed E-state index contributed by atoms with van der Waals surface area (Å²) in [4.78, 5) is 0. The molecule has 0 amide bonds. The minimum Gasteiger partial charge on any atom is -0.537 e. The Balaban J connectivity index is 0.000000139. The minimum atomic E-state index is -1.48. The minimum absolute atomic E-state index is 0.130. The van der Waals surface area contributed by atoms with Crippen molar-refractivity contribution in [1.29, 1.82) is 0 Å². The van der Waals surface area contributed by atoms with Gasteiger partial charge in [0, 0.05) is 26.1 Å². The van der Waals surface area contributed by atoms with Crippen molar-refractivity contribution in [3.63, 3.8) is 0 Å². The highest BCUT2D eigenvalue weighted by molar-refractivity contribution is 9.10. The van der Waals surface area contributed by atoms with Gasteiger partial charge in [0.25, 0.3) is 0 Å². The molecular weight excluding hydrogens is 1460 g/mol. The highest BCUT2D eigenvalue weighted by Gasteiger charge is 2.41.